The molecule has 0 spiro atoms. The van der Waals surface area contributed by atoms with Crippen molar-refractivity contribution in [3.05, 3.63) is 44.8 Å². The largest absolute Gasteiger partial charge is 0.395 e. The van der Waals surface area contributed by atoms with Crippen LogP contribution in [0.4, 0.5) is 0 Å². The summed E-state index contributed by atoms with van der Waals surface area (Å²) in [5, 5.41) is 17.0. The van der Waals surface area contributed by atoms with Crippen molar-refractivity contribution in [3.8, 4) is 0 Å². The van der Waals surface area contributed by atoms with Gasteiger partial charge in [0, 0.05) is 15.8 Å². The van der Waals surface area contributed by atoms with Gasteiger partial charge in [0.2, 0.25) is 0 Å². The molecule has 2 heterocycles. The molecule has 0 radical (unpaired) electrons. The fourth-order valence-corrected chi connectivity index (χ4v) is 3.43. The molecule has 0 fully saturated rings. The molecule has 17 heavy (non-hydrogen) atoms. The van der Waals surface area contributed by atoms with Gasteiger partial charge >= 0.3 is 0 Å². The average molecular weight is 267 g/mol. The van der Waals surface area contributed by atoms with Crippen LogP contribution in [0.15, 0.2) is 35.0 Å². The van der Waals surface area contributed by atoms with E-state index in [1.54, 1.807) is 22.7 Å². The number of aliphatic hydroxyl groups is 1. The van der Waals surface area contributed by atoms with Crippen LogP contribution < -0.4 is 5.32 Å². The highest BCUT2D eigenvalue weighted by molar-refractivity contribution is 7.11. The SMILES string of the molecule is CC[C@H](CO)NC(c1cccs1)c1cccs1. The molecule has 4 heteroatoms. The van der Waals surface area contributed by atoms with Crippen LogP contribution in [-0.4, -0.2) is 17.8 Å². The van der Waals surface area contributed by atoms with Gasteiger partial charge in [0.05, 0.1) is 12.6 Å². The zero-order valence-corrected chi connectivity index (χ0v) is 11.4. The summed E-state index contributed by atoms with van der Waals surface area (Å²) in [4.78, 5) is 2.61. The van der Waals surface area contributed by atoms with Crippen molar-refractivity contribution >= 4 is 22.7 Å². The standard InChI is InChI=1S/C13H17NOS2/c1-2-10(9-15)14-13(11-5-3-7-16-11)12-6-4-8-17-12/h3-8,10,13-15H,2,9H2,1H3/t10-/m1/s1. The molecule has 92 valence electrons. The molecular formula is C13H17NOS2. The normalized spacial score (nSPS) is 13.1. The number of hydrogen-bond donors (Lipinski definition) is 2. The van der Waals surface area contributed by atoms with Gasteiger partial charge in [-0.1, -0.05) is 19.1 Å². The lowest BCUT2D eigenvalue weighted by molar-refractivity contribution is 0.233. The topological polar surface area (TPSA) is 32.3 Å². The van der Waals surface area contributed by atoms with Gasteiger partial charge in [-0.2, -0.15) is 0 Å². The lowest BCUT2D eigenvalue weighted by Gasteiger charge is -2.22. The predicted molar refractivity (Wildman–Crippen MR) is 74.8 cm³/mol. The average Bonchev–Trinajstić information content (AvgIpc) is 3.03. The zero-order valence-electron chi connectivity index (χ0n) is 9.80. The summed E-state index contributed by atoms with van der Waals surface area (Å²) in [6.45, 7) is 2.28. The van der Waals surface area contributed by atoms with Crippen molar-refractivity contribution in [1.29, 1.82) is 0 Å². The van der Waals surface area contributed by atoms with E-state index in [4.69, 9.17) is 0 Å². The third-order valence-electron chi connectivity index (χ3n) is 2.77. The molecule has 0 aliphatic carbocycles. The molecule has 0 saturated carbocycles. The Bertz CT molecular complexity index is 372. The fraction of sp³-hybridized carbons (Fsp3) is 0.385. The maximum Gasteiger partial charge on any atom is 0.0767 e. The monoisotopic (exact) mass is 267 g/mol. The van der Waals surface area contributed by atoms with Crippen molar-refractivity contribution in [2.45, 2.75) is 25.4 Å². The van der Waals surface area contributed by atoms with Crippen LogP contribution in [0.25, 0.3) is 0 Å². The molecule has 1 atom stereocenters. The quantitative estimate of drug-likeness (QED) is 0.842. The van der Waals surface area contributed by atoms with Gasteiger partial charge < -0.3 is 5.11 Å². The van der Waals surface area contributed by atoms with Crippen LogP contribution in [0.3, 0.4) is 0 Å². The minimum atomic E-state index is 0.157. The van der Waals surface area contributed by atoms with E-state index >= 15 is 0 Å². The van der Waals surface area contributed by atoms with Gasteiger partial charge in [-0.05, 0) is 29.3 Å². The smallest absolute Gasteiger partial charge is 0.0767 e. The van der Waals surface area contributed by atoms with Crippen molar-refractivity contribution in [1.82, 2.24) is 5.32 Å². The van der Waals surface area contributed by atoms with E-state index in [0.29, 0.717) is 0 Å². The van der Waals surface area contributed by atoms with Crippen molar-refractivity contribution < 1.29 is 5.11 Å². The summed E-state index contributed by atoms with van der Waals surface area (Å²) in [6.07, 6.45) is 0.934. The molecule has 2 aromatic rings. The van der Waals surface area contributed by atoms with Gasteiger partial charge in [-0.3, -0.25) is 5.32 Å². The summed E-state index contributed by atoms with van der Waals surface area (Å²) in [7, 11) is 0. The first-order valence-corrected chi connectivity index (χ1v) is 7.54. The van der Waals surface area contributed by atoms with Gasteiger partial charge in [-0.25, -0.2) is 0 Å². The van der Waals surface area contributed by atoms with Crippen molar-refractivity contribution in [3.63, 3.8) is 0 Å². The van der Waals surface area contributed by atoms with E-state index in [-0.39, 0.29) is 18.7 Å². The van der Waals surface area contributed by atoms with Gasteiger partial charge in [0.15, 0.2) is 0 Å². The van der Waals surface area contributed by atoms with Crippen LogP contribution in [0.2, 0.25) is 0 Å². The van der Waals surface area contributed by atoms with Crippen LogP contribution in [0.5, 0.6) is 0 Å². The van der Waals surface area contributed by atoms with E-state index in [9.17, 15) is 5.11 Å². The Kier molecular flexibility index (Phi) is 4.74. The predicted octanol–water partition coefficient (Wildman–Crippen LogP) is 3.26. The van der Waals surface area contributed by atoms with E-state index in [1.807, 2.05) is 0 Å². The number of hydrogen-bond acceptors (Lipinski definition) is 4. The second kappa shape index (κ2) is 6.31. The summed E-state index contributed by atoms with van der Waals surface area (Å²) < 4.78 is 0. The van der Waals surface area contributed by atoms with E-state index in [0.717, 1.165) is 6.42 Å². The van der Waals surface area contributed by atoms with Crippen molar-refractivity contribution in [2.24, 2.45) is 0 Å². The number of aliphatic hydroxyl groups excluding tert-OH is 1. The molecule has 0 aliphatic heterocycles. The zero-order chi connectivity index (χ0) is 12.1. The molecular weight excluding hydrogens is 250 g/mol. The van der Waals surface area contributed by atoms with E-state index in [1.165, 1.54) is 9.75 Å². The van der Waals surface area contributed by atoms with E-state index < -0.39 is 0 Å². The van der Waals surface area contributed by atoms with Gasteiger partial charge in [0.1, 0.15) is 0 Å². The molecule has 2 nitrogen and oxygen atoms in total. The van der Waals surface area contributed by atoms with Crippen LogP contribution in [0, 0.1) is 0 Å². The maximum absolute atomic E-state index is 9.31. The Morgan fingerprint density at radius 3 is 2.12 bits per heavy atom. The Morgan fingerprint density at radius 1 is 1.18 bits per heavy atom. The molecule has 0 bridgehead atoms. The third kappa shape index (κ3) is 3.16. The number of thiophene rings is 2. The highest BCUT2D eigenvalue weighted by Crippen LogP contribution is 2.29. The molecule has 0 aliphatic rings. The highest BCUT2D eigenvalue weighted by Gasteiger charge is 2.19. The summed E-state index contributed by atoms with van der Waals surface area (Å²) in [6, 6.07) is 8.80. The highest BCUT2D eigenvalue weighted by atomic mass is 32.1. The first kappa shape index (κ1) is 12.8. The maximum atomic E-state index is 9.31. The Hall–Kier alpha value is -0.680. The number of rotatable bonds is 6. The second-order valence-electron chi connectivity index (χ2n) is 3.92. The molecule has 0 aromatic carbocycles. The first-order chi connectivity index (χ1) is 8.35. The third-order valence-corrected chi connectivity index (χ3v) is 4.65. The Balaban J connectivity index is 2.19. The van der Waals surface area contributed by atoms with Crippen LogP contribution in [-0.2, 0) is 0 Å². The number of nitrogens with one attached hydrogen (secondary N) is 1. The van der Waals surface area contributed by atoms with Crippen LogP contribution in [0.1, 0.15) is 29.1 Å². The minimum Gasteiger partial charge on any atom is -0.395 e. The summed E-state index contributed by atoms with van der Waals surface area (Å²) in [5.74, 6) is 0. The Morgan fingerprint density at radius 2 is 1.76 bits per heavy atom. The Labute approximate surface area is 110 Å². The van der Waals surface area contributed by atoms with E-state index in [2.05, 4.69) is 47.3 Å². The fourth-order valence-electron chi connectivity index (χ4n) is 1.75. The molecule has 2 rings (SSSR count). The van der Waals surface area contributed by atoms with Gasteiger partial charge in [0.25, 0.3) is 0 Å². The molecule has 2 N–H and O–H groups in total. The molecule has 0 unspecified atom stereocenters. The summed E-state index contributed by atoms with van der Waals surface area (Å²) in [5.41, 5.74) is 0. The molecule has 2 aromatic heterocycles. The lowest BCUT2D eigenvalue weighted by atomic mass is 10.1. The van der Waals surface area contributed by atoms with Crippen molar-refractivity contribution in [2.75, 3.05) is 6.61 Å². The second-order valence-corrected chi connectivity index (χ2v) is 5.88. The van der Waals surface area contributed by atoms with Crippen LogP contribution >= 0.6 is 22.7 Å². The summed E-state index contributed by atoms with van der Waals surface area (Å²) >= 11 is 3.51. The molecule has 0 saturated heterocycles. The molecule has 0 amide bonds. The lowest BCUT2D eigenvalue weighted by Crippen LogP contribution is -2.35. The minimum absolute atomic E-state index is 0.157. The van der Waals surface area contributed by atoms with Gasteiger partial charge in [-0.15, -0.1) is 22.7 Å². The first-order valence-electron chi connectivity index (χ1n) is 5.78.